The molecule has 0 aromatic heterocycles. The van der Waals surface area contributed by atoms with Crippen LogP contribution in [0.15, 0.2) is 41.3 Å². The maximum atomic E-state index is 13.1. The standard InChI is InChI=1S/C13H9Cl3FNO2S/c14-9-2-1-8(11(15)5-9)7-18-21(19,20)10-3-4-13(17)12(16)6-10/h1-6,18H,7H2. The van der Waals surface area contributed by atoms with E-state index < -0.39 is 15.8 Å². The Hall–Kier alpha value is -0.850. The molecule has 0 aliphatic heterocycles. The molecule has 0 aliphatic carbocycles. The Morgan fingerprint density at radius 1 is 1.00 bits per heavy atom. The monoisotopic (exact) mass is 367 g/mol. The summed E-state index contributed by atoms with van der Waals surface area (Å²) in [5.41, 5.74) is 0.567. The third-order valence-electron chi connectivity index (χ3n) is 2.67. The second-order valence-electron chi connectivity index (χ2n) is 4.14. The fraction of sp³-hybridized carbons (Fsp3) is 0.0769. The van der Waals surface area contributed by atoms with Crippen molar-refractivity contribution >= 4 is 44.8 Å². The zero-order valence-electron chi connectivity index (χ0n) is 10.4. The van der Waals surface area contributed by atoms with E-state index in [4.69, 9.17) is 34.8 Å². The smallest absolute Gasteiger partial charge is 0.207 e. The van der Waals surface area contributed by atoms with Gasteiger partial charge in [0, 0.05) is 16.6 Å². The van der Waals surface area contributed by atoms with E-state index in [1.165, 1.54) is 6.07 Å². The summed E-state index contributed by atoms with van der Waals surface area (Å²) < 4.78 is 39.6. The fourth-order valence-electron chi connectivity index (χ4n) is 1.57. The van der Waals surface area contributed by atoms with Crippen molar-refractivity contribution in [1.29, 1.82) is 0 Å². The van der Waals surface area contributed by atoms with Crippen molar-refractivity contribution in [3.63, 3.8) is 0 Å². The number of sulfonamides is 1. The van der Waals surface area contributed by atoms with Crippen molar-refractivity contribution < 1.29 is 12.8 Å². The van der Waals surface area contributed by atoms with Crippen LogP contribution in [0.4, 0.5) is 4.39 Å². The fourth-order valence-corrected chi connectivity index (χ4v) is 3.32. The molecule has 0 unspecified atom stereocenters. The van der Waals surface area contributed by atoms with Crippen molar-refractivity contribution in [3.8, 4) is 0 Å². The highest BCUT2D eigenvalue weighted by Crippen LogP contribution is 2.22. The van der Waals surface area contributed by atoms with E-state index in [0.29, 0.717) is 15.6 Å². The predicted molar refractivity (Wildman–Crippen MR) is 81.9 cm³/mol. The largest absolute Gasteiger partial charge is 0.240 e. The Kier molecular flexibility index (Phi) is 5.11. The summed E-state index contributed by atoms with van der Waals surface area (Å²) in [5.74, 6) is -0.684. The van der Waals surface area contributed by atoms with Crippen LogP contribution in [0.1, 0.15) is 5.56 Å². The lowest BCUT2D eigenvalue weighted by Crippen LogP contribution is -2.23. The molecule has 0 amide bonds. The van der Waals surface area contributed by atoms with Crippen LogP contribution in [0.5, 0.6) is 0 Å². The molecule has 2 rings (SSSR count). The third kappa shape index (κ3) is 4.08. The van der Waals surface area contributed by atoms with E-state index in [0.717, 1.165) is 18.2 Å². The summed E-state index contributed by atoms with van der Waals surface area (Å²) in [6.07, 6.45) is 0. The average molecular weight is 369 g/mol. The van der Waals surface area contributed by atoms with Crippen molar-refractivity contribution in [1.82, 2.24) is 4.72 Å². The molecule has 0 heterocycles. The number of hydrogen-bond donors (Lipinski definition) is 1. The maximum Gasteiger partial charge on any atom is 0.240 e. The summed E-state index contributed by atoms with van der Waals surface area (Å²) in [7, 11) is -3.82. The van der Waals surface area contributed by atoms with E-state index >= 15 is 0 Å². The third-order valence-corrected chi connectivity index (χ3v) is 4.94. The van der Waals surface area contributed by atoms with Gasteiger partial charge in [-0.2, -0.15) is 0 Å². The van der Waals surface area contributed by atoms with Crippen LogP contribution in [0.3, 0.4) is 0 Å². The first-order valence-corrected chi connectivity index (χ1v) is 8.30. The Bertz CT molecular complexity index is 781. The van der Waals surface area contributed by atoms with E-state index in [9.17, 15) is 12.8 Å². The maximum absolute atomic E-state index is 13.1. The van der Waals surface area contributed by atoms with Gasteiger partial charge in [0.2, 0.25) is 10.0 Å². The Morgan fingerprint density at radius 3 is 2.33 bits per heavy atom. The molecule has 0 radical (unpaired) electrons. The van der Waals surface area contributed by atoms with Gasteiger partial charge >= 0.3 is 0 Å². The van der Waals surface area contributed by atoms with Gasteiger partial charge in [-0.25, -0.2) is 17.5 Å². The van der Waals surface area contributed by atoms with Gasteiger partial charge in [-0.3, -0.25) is 0 Å². The first kappa shape index (κ1) is 16.5. The molecule has 1 N–H and O–H groups in total. The Morgan fingerprint density at radius 2 is 1.71 bits per heavy atom. The van der Waals surface area contributed by atoms with Crippen molar-refractivity contribution in [2.45, 2.75) is 11.4 Å². The molecular formula is C13H9Cl3FNO2S. The second kappa shape index (κ2) is 6.50. The van der Waals surface area contributed by atoms with Crippen molar-refractivity contribution in [2.24, 2.45) is 0 Å². The zero-order valence-corrected chi connectivity index (χ0v) is 13.5. The molecule has 3 nitrogen and oxygen atoms in total. The van der Waals surface area contributed by atoms with E-state index in [1.807, 2.05) is 0 Å². The highest BCUT2D eigenvalue weighted by Gasteiger charge is 2.16. The topological polar surface area (TPSA) is 46.2 Å². The van der Waals surface area contributed by atoms with Gasteiger partial charge < -0.3 is 0 Å². The van der Waals surface area contributed by atoms with Gasteiger partial charge in [-0.05, 0) is 35.9 Å². The van der Waals surface area contributed by atoms with Crippen LogP contribution in [-0.2, 0) is 16.6 Å². The van der Waals surface area contributed by atoms with Gasteiger partial charge in [-0.1, -0.05) is 40.9 Å². The van der Waals surface area contributed by atoms with Crippen LogP contribution in [0, 0.1) is 5.82 Å². The van der Waals surface area contributed by atoms with Gasteiger partial charge in [0.05, 0.1) is 9.92 Å². The first-order chi connectivity index (χ1) is 9.79. The second-order valence-corrected chi connectivity index (χ2v) is 7.15. The molecule has 112 valence electrons. The van der Waals surface area contributed by atoms with Gasteiger partial charge in [0.25, 0.3) is 0 Å². The molecule has 0 atom stereocenters. The normalized spacial score (nSPS) is 11.6. The van der Waals surface area contributed by atoms with E-state index in [1.54, 1.807) is 12.1 Å². The molecule has 2 aromatic carbocycles. The van der Waals surface area contributed by atoms with Crippen LogP contribution in [-0.4, -0.2) is 8.42 Å². The summed E-state index contributed by atoms with van der Waals surface area (Å²) in [4.78, 5) is -0.126. The number of halogens is 4. The molecule has 21 heavy (non-hydrogen) atoms. The Labute approximate surface area is 136 Å². The summed E-state index contributed by atoms with van der Waals surface area (Å²) in [5, 5.41) is 0.543. The van der Waals surface area contributed by atoms with Crippen LogP contribution < -0.4 is 4.72 Å². The van der Waals surface area contributed by atoms with Crippen LogP contribution in [0.2, 0.25) is 15.1 Å². The van der Waals surface area contributed by atoms with Gasteiger partial charge in [0.15, 0.2) is 0 Å². The SMILES string of the molecule is O=S(=O)(NCc1ccc(Cl)cc1Cl)c1ccc(F)c(Cl)c1. The summed E-state index contributed by atoms with van der Waals surface area (Å²) in [6, 6.07) is 7.90. The number of rotatable bonds is 4. The van der Waals surface area contributed by atoms with E-state index in [2.05, 4.69) is 4.72 Å². The Balaban J connectivity index is 2.19. The molecule has 0 saturated carbocycles. The van der Waals surface area contributed by atoms with Crippen molar-refractivity contribution in [3.05, 3.63) is 62.8 Å². The lowest BCUT2D eigenvalue weighted by atomic mass is 10.2. The minimum atomic E-state index is -3.82. The minimum Gasteiger partial charge on any atom is -0.207 e. The number of nitrogens with one attached hydrogen (secondary N) is 1. The van der Waals surface area contributed by atoms with Crippen LogP contribution in [0.25, 0.3) is 0 Å². The molecule has 0 aliphatic rings. The van der Waals surface area contributed by atoms with Gasteiger partial charge in [-0.15, -0.1) is 0 Å². The molecule has 0 fully saturated rings. The average Bonchev–Trinajstić information content (AvgIpc) is 2.40. The highest BCUT2D eigenvalue weighted by atomic mass is 35.5. The molecule has 2 aromatic rings. The highest BCUT2D eigenvalue weighted by molar-refractivity contribution is 7.89. The number of hydrogen-bond acceptors (Lipinski definition) is 2. The predicted octanol–water partition coefficient (Wildman–Crippen LogP) is 4.26. The lowest BCUT2D eigenvalue weighted by Gasteiger charge is -2.09. The summed E-state index contributed by atoms with van der Waals surface area (Å²) in [6.45, 7) is -0.0205. The van der Waals surface area contributed by atoms with Gasteiger partial charge in [0.1, 0.15) is 5.82 Å². The minimum absolute atomic E-state index is 0.0205. The van der Waals surface area contributed by atoms with Crippen LogP contribution >= 0.6 is 34.8 Å². The van der Waals surface area contributed by atoms with Crippen molar-refractivity contribution in [2.75, 3.05) is 0 Å². The molecule has 0 bridgehead atoms. The molecule has 8 heteroatoms. The molecule has 0 spiro atoms. The quantitative estimate of drug-likeness (QED) is 0.876. The first-order valence-electron chi connectivity index (χ1n) is 5.68. The molecular weight excluding hydrogens is 360 g/mol. The van der Waals surface area contributed by atoms with E-state index in [-0.39, 0.29) is 16.5 Å². The number of benzene rings is 2. The summed E-state index contributed by atoms with van der Waals surface area (Å²) >= 11 is 17.3. The lowest BCUT2D eigenvalue weighted by molar-refractivity contribution is 0.580. The zero-order chi connectivity index (χ0) is 15.6. The molecule has 0 saturated heterocycles.